The van der Waals surface area contributed by atoms with Gasteiger partial charge < -0.3 is 10.6 Å². The van der Waals surface area contributed by atoms with E-state index in [1.54, 1.807) is 0 Å². The summed E-state index contributed by atoms with van der Waals surface area (Å²) in [5.74, 6) is -0.00918. The van der Waals surface area contributed by atoms with Crippen LogP contribution in [0.25, 0.3) is 0 Å². The van der Waals surface area contributed by atoms with Crippen molar-refractivity contribution in [2.24, 2.45) is 11.7 Å². The molecule has 1 fully saturated rings. The van der Waals surface area contributed by atoms with E-state index in [0.717, 1.165) is 51.7 Å². The molecule has 2 heterocycles. The Labute approximate surface area is 127 Å². The van der Waals surface area contributed by atoms with Crippen molar-refractivity contribution in [1.82, 2.24) is 9.80 Å². The van der Waals surface area contributed by atoms with Crippen molar-refractivity contribution in [3.8, 4) is 0 Å². The number of likely N-dealkylation sites (tertiary alicyclic amines) is 1. The zero-order chi connectivity index (χ0) is 15.2. The van der Waals surface area contributed by atoms with E-state index < -0.39 is 0 Å². The van der Waals surface area contributed by atoms with Crippen LogP contribution in [0, 0.1) is 5.92 Å². The molecule has 2 amide bonds. The van der Waals surface area contributed by atoms with Crippen LogP contribution in [0.2, 0.25) is 0 Å². The first-order chi connectivity index (χ1) is 10.1. The molecule has 2 aliphatic heterocycles. The van der Waals surface area contributed by atoms with Gasteiger partial charge in [0.1, 0.15) is 0 Å². The highest BCUT2D eigenvalue weighted by molar-refractivity contribution is 5.79. The minimum atomic E-state index is -0.204. The van der Waals surface area contributed by atoms with Gasteiger partial charge in [-0.3, -0.25) is 14.5 Å². The lowest BCUT2D eigenvalue weighted by molar-refractivity contribution is -0.133. The highest BCUT2D eigenvalue weighted by Crippen LogP contribution is 2.19. The summed E-state index contributed by atoms with van der Waals surface area (Å²) in [4.78, 5) is 27.7. The first-order valence-corrected chi connectivity index (χ1v) is 8.09. The summed E-state index contributed by atoms with van der Waals surface area (Å²) in [7, 11) is 0. The second-order valence-electron chi connectivity index (χ2n) is 6.14. The van der Waals surface area contributed by atoms with E-state index >= 15 is 0 Å². The SMILES string of the molecule is CCCCC1C=CCN1C(=O)CN1CCC(C(N)=O)CC1. The molecule has 0 spiro atoms. The predicted octanol–water partition coefficient (Wildman–Crippen LogP) is 1.14. The average molecular weight is 293 g/mol. The standard InChI is InChI=1S/C16H27N3O2/c1-2-3-5-14-6-4-9-19(14)15(20)12-18-10-7-13(8-11-18)16(17)21/h4,6,13-14H,2-3,5,7-12H2,1H3,(H2,17,21). The van der Waals surface area contributed by atoms with Crippen LogP contribution in [0.15, 0.2) is 12.2 Å². The van der Waals surface area contributed by atoms with Crippen molar-refractivity contribution in [2.75, 3.05) is 26.2 Å². The van der Waals surface area contributed by atoms with Gasteiger partial charge >= 0.3 is 0 Å². The molecule has 118 valence electrons. The van der Waals surface area contributed by atoms with Crippen LogP contribution in [0.5, 0.6) is 0 Å². The summed E-state index contributed by atoms with van der Waals surface area (Å²) in [5, 5.41) is 0. The molecule has 0 aromatic carbocycles. The van der Waals surface area contributed by atoms with E-state index in [9.17, 15) is 9.59 Å². The van der Waals surface area contributed by atoms with Gasteiger partial charge in [-0.15, -0.1) is 0 Å². The van der Waals surface area contributed by atoms with E-state index in [0.29, 0.717) is 6.54 Å². The van der Waals surface area contributed by atoms with Crippen molar-refractivity contribution in [2.45, 2.75) is 45.1 Å². The topological polar surface area (TPSA) is 66.6 Å². The molecular weight excluding hydrogens is 266 g/mol. The summed E-state index contributed by atoms with van der Waals surface area (Å²) in [6.07, 6.45) is 9.18. The maximum atomic E-state index is 12.5. The first-order valence-electron chi connectivity index (χ1n) is 8.09. The normalized spacial score (nSPS) is 23.7. The summed E-state index contributed by atoms with van der Waals surface area (Å²) >= 11 is 0. The number of carbonyl (C=O) groups is 2. The molecule has 1 atom stereocenters. The Balaban J connectivity index is 1.78. The lowest BCUT2D eigenvalue weighted by atomic mass is 9.96. The van der Waals surface area contributed by atoms with Crippen molar-refractivity contribution in [3.63, 3.8) is 0 Å². The highest BCUT2D eigenvalue weighted by atomic mass is 16.2. The van der Waals surface area contributed by atoms with Crippen LogP contribution >= 0.6 is 0 Å². The fourth-order valence-corrected chi connectivity index (χ4v) is 3.18. The summed E-state index contributed by atoms with van der Waals surface area (Å²) in [6, 6.07) is 0.278. The number of rotatable bonds is 6. The summed E-state index contributed by atoms with van der Waals surface area (Å²) < 4.78 is 0. The zero-order valence-corrected chi connectivity index (χ0v) is 13.0. The maximum absolute atomic E-state index is 12.5. The Morgan fingerprint density at radius 2 is 2.00 bits per heavy atom. The van der Waals surface area contributed by atoms with Crippen molar-refractivity contribution in [1.29, 1.82) is 0 Å². The van der Waals surface area contributed by atoms with Gasteiger partial charge in [-0.2, -0.15) is 0 Å². The second-order valence-corrected chi connectivity index (χ2v) is 6.14. The smallest absolute Gasteiger partial charge is 0.237 e. The van der Waals surface area contributed by atoms with E-state index in [4.69, 9.17) is 5.73 Å². The molecule has 5 heteroatoms. The maximum Gasteiger partial charge on any atom is 0.237 e. The van der Waals surface area contributed by atoms with Crippen LogP contribution in [0.4, 0.5) is 0 Å². The molecule has 2 aliphatic rings. The Bertz CT molecular complexity index is 400. The molecule has 2 N–H and O–H groups in total. The Kier molecular flexibility index (Phi) is 5.79. The second kappa shape index (κ2) is 7.59. The minimum absolute atomic E-state index is 0.0119. The van der Waals surface area contributed by atoms with Crippen LogP contribution < -0.4 is 5.73 Å². The molecule has 2 rings (SSSR count). The number of unbranched alkanes of at least 4 members (excludes halogenated alkanes) is 1. The number of hydrogen-bond acceptors (Lipinski definition) is 3. The van der Waals surface area contributed by atoms with Gasteiger partial charge in [0.15, 0.2) is 0 Å². The van der Waals surface area contributed by atoms with Crippen LogP contribution in [0.1, 0.15) is 39.0 Å². The van der Waals surface area contributed by atoms with Gasteiger partial charge in [-0.25, -0.2) is 0 Å². The fraction of sp³-hybridized carbons (Fsp3) is 0.750. The molecule has 0 bridgehead atoms. The minimum Gasteiger partial charge on any atom is -0.369 e. The number of nitrogens with zero attached hydrogens (tertiary/aromatic N) is 2. The number of hydrogen-bond donors (Lipinski definition) is 1. The monoisotopic (exact) mass is 293 g/mol. The lowest BCUT2D eigenvalue weighted by Crippen LogP contribution is -2.46. The largest absolute Gasteiger partial charge is 0.369 e. The number of piperidine rings is 1. The van der Waals surface area contributed by atoms with Gasteiger partial charge in [-0.05, 0) is 32.4 Å². The van der Waals surface area contributed by atoms with E-state index in [1.807, 2.05) is 4.90 Å². The number of carbonyl (C=O) groups excluding carboxylic acids is 2. The van der Waals surface area contributed by atoms with Crippen molar-refractivity contribution >= 4 is 11.8 Å². The third kappa shape index (κ3) is 4.30. The number of amides is 2. The summed E-state index contributed by atoms with van der Waals surface area (Å²) in [6.45, 7) is 4.97. The third-order valence-corrected chi connectivity index (χ3v) is 4.58. The third-order valence-electron chi connectivity index (χ3n) is 4.58. The Morgan fingerprint density at radius 1 is 1.29 bits per heavy atom. The first kappa shape index (κ1) is 16.0. The van der Waals surface area contributed by atoms with Gasteiger partial charge in [-0.1, -0.05) is 31.9 Å². The quantitative estimate of drug-likeness (QED) is 0.747. The molecular formula is C16H27N3O2. The van der Waals surface area contributed by atoms with Crippen LogP contribution in [0.3, 0.4) is 0 Å². The Hall–Kier alpha value is -1.36. The molecule has 0 saturated carbocycles. The van der Waals surface area contributed by atoms with E-state index in [1.165, 1.54) is 0 Å². The number of nitrogens with two attached hydrogens (primary N) is 1. The van der Waals surface area contributed by atoms with Crippen LogP contribution in [-0.4, -0.2) is 53.8 Å². The van der Waals surface area contributed by atoms with E-state index in [2.05, 4.69) is 24.0 Å². The lowest BCUT2D eigenvalue weighted by Gasteiger charge is -2.32. The molecule has 0 aliphatic carbocycles. The molecule has 5 nitrogen and oxygen atoms in total. The average Bonchev–Trinajstić information content (AvgIpc) is 2.94. The van der Waals surface area contributed by atoms with Crippen molar-refractivity contribution < 1.29 is 9.59 Å². The highest BCUT2D eigenvalue weighted by Gasteiger charge is 2.28. The molecule has 0 aromatic rings. The van der Waals surface area contributed by atoms with Gasteiger partial charge in [0.2, 0.25) is 11.8 Å². The fourth-order valence-electron chi connectivity index (χ4n) is 3.18. The van der Waals surface area contributed by atoms with Crippen molar-refractivity contribution in [3.05, 3.63) is 12.2 Å². The van der Waals surface area contributed by atoms with Crippen LogP contribution in [-0.2, 0) is 9.59 Å². The van der Waals surface area contributed by atoms with Gasteiger partial charge in [0, 0.05) is 12.5 Å². The molecule has 0 aromatic heterocycles. The van der Waals surface area contributed by atoms with Gasteiger partial charge in [0.25, 0.3) is 0 Å². The Morgan fingerprint density at radius 3 is 2.62 bits per heavy atom. The molecule has 0 radical (unpaired) electrons. The zero-order valence-electron chi connectivity index (χ0n) is 13.0. The summed E-state index contributed by atoms with van der Waals surface area (Å²) in [5.41, 5.74) is 5.34. The number of primary amides is 1. The molecule has 21 heavy (non-hydrogen) atoms. The molecule has 1 unspecified atom stereocenters. The van der Waals surface area contributed by atoms with E-state index in [-0.39, 0.29) is 23.8 Å². The molecule has 1 saturated heterocycles. The predicted molar refractivity (Wildman–Crippen MR) is 82.5 cm³/mol. The van der Waals surface area contributed by atoms with Gasteiger partial charge in [0.05, 0.1) is 12.6 Å².